The van der Waals surface area contributed by atoms with E-state index in [2.05, 4.69) is 15.4 Å². The van der Waals surface area contributed by atoms with Crippen LogP contribution >= 0.6 is 11.6 Å². The Balaban J connectivity index is 1.64. The van der Waals surface area contributed by atoms with Crippen LogP contribution in [-0.2, 0) is 14.8 Å². The summed E-state index contributed by atoms with van der Waals surface area (Å²) in [5, 5.41) is 5.22. The highest BCUT2D eigenvalue weighted by molar-refractivity contribution is 7.93. The second-order valence-electron chi connectivity index (χ2n) is 5.95. The van der Waals surface area contributed by atoms with Crippen molar-refractivity contribution in [3.8, 4) is 0 Å². The Morgan fingerprint density at radius 1 is 1.19 bits per heavy atom. The number of sulfonamides is 1. The second-order valence-corrected chi connectivity index (χ2v) is 8.34. The molecule has 1 aliphatic heterocycles. The molecule has 2 aromatic carbocycles. The predicted molar refractivity (Wildman–Crippen MR) is 99.2 cm³/mol. The van der Waals surface area contributed by atoms with Crippen LogP contribution in [0.4, 0.5) is 15.8 Å². The molecule has 6 nitrogen and oxygen atoms in total. The van der Waals surface area contributed by atoms with Crippen LogP contribution < -0.4 is 15.4 Å². The Hall–Kier alpha value is -2.16. The molecule has 2 unspecified atom stereocenters. The third kappa shape index (κ3) is 4.32. The standard InChI is InChI=1S/C17H17ClFN3O3S/c18-11-4-3-5-12(8-11)21-17(23)16-9-13(10-20-16)26(24,25)22-15-7-2-1-6-14(15)19/h1-8,13,16,20,22H,9-10H2,(H,21,23). The fraction of sp³-hybridized carbons (Fsp3) is 0.235. The van der Waals surface area contributed by atoms with Gasteiger partial charge in [-0.15, -0.1) is 0 Å². The van der Waals surface area contributed by atoms with Crippen molar-refractivity contribution in [1.29, 1.82) is 0 Å². The fourth-order valence-electron chi connectivity index (χ4n) is 2.72. The predicted octanol–water partition coefficient (Wildman–Crippen LogP) is 2.59. The van der Waals surface area contributed by atoms with Gasteiger partial charge in [0.05, 0.1) is 17.0 Å². The minimum Gasteiger partial charge on any atom is -0.325 e. The summed E-state index contributed by atoms with van der Waals surface area (Å²) in [5.74, 6) is -1.01. The number of nitrogens with one attached hydrogen (secondary N) is 3. The molecule has 3 rings (SSSR count). The van der Waals surface area contributed by atoms with Crippen LogP contribution in [0.2, 0.25) is 5.02 Å². The molecule has 0 saturated carbocycles. The summed E-state index contributed by atoms with van der Waals surface area (Å²) >= 11 is 5.88. The molecule has 1 amide bonds. The van der Waals surface area contributed by atoms with Gasteiger partial charge in [-0.2, -0.15) is 0 Å². The number of rotatable bonds is 5. The monoisotopic (exact) mass is 397 g/mol. The van der Waals surface area contributed by atoms with Gasteiger partial charge in [-0.05, 0) is 36.8 Å². The molecular weight excluding hydrogens is 381 g/mol. The molecule has 1 heterocycles. The summed E-state index contributed by atoms with van der Waals surface area (Å²) in [4.78, 5) is 12.3. The first kappa shape index (κ1) is 18.6. The summed E-state index contributed by atoms with van der Waals surface area (Å²) in [7, 11) is -3.84. The van der Waals surface area contributed by atoms with Crippen LogP contribution in [0.1, 0.15) is 6.42 Å². The fourth-order valence-corrected chi connectivity index (χ4v) is 4.31. The van der Waals surface area contributed by atoms with Crippen LogP contribution in [-0.4, -0.2) is 32.2 Å². The van der Waals surface area contributed by atoms with Crippen molar-refractivity contribution in [3.05, 3.63) is 59.4 Å². The molecule has 0 aliphatic carbocycles. The van der Waals surface area contributed by atoms with Crippen molar-refractivity contribution in [1.82, 2.24) is 5.32 Å². The van der Waals surface area contributed by atoms with Crippen molar-refractivity contribution in [3.63, 3.8) is 0 Å². The van der Waals surface area contributed by atoms with E-state index in [0.717, 1.165) is 0 Å². The summed E-state index contributed by atoms with van der Waals surface area (Å²) in [6.07, 6.45) is 0.0795. The molecule has 0 aromatic heterocycles. The molecule has 9 heteroatoms. The highest BCUT2D eigenvalue weighted by Crippen LogP contribution is 2.22. The van der Waals surface area contributed by atoms with Gasteiger partial charge in [0, 0.05) is 17.3 Å². The lowest BCUT2D eigenvalue weighted by Gasteiger charge is -2.14. The van der Waals surface area contributed by atoms with E-state index in [1.54, 1.807) is 24.3 Å². The van der Waals surface area contributed by atoms with Gasteiger partial charge in [-0.1, -0.05) is 29.8 Å². The topological polar surface area (TPSA) is 87.3 Å². The van der Waals surface area contributed by atoms with E-state index in [-0.39, 0.29) is 24.6 Å². The van der Waals surface area contributed by atoms with Crippen LogP contribution in [0.15, 0.2) is 48.5 Å². The number of hydrogen-bond acceptors (Lipinski definition) is 4. The lowest BCUT2D eigenvalue weighted by molar-refractivity contribution is -0.117. The van der Waals surface area contributed by atoms with Gasteiger partial charge in [0.1, 0.15) is 5.82 Å². The zero-order valence-electron chi connectivity index (χ0n) is 13.6. The highest BCUT2D eigenvalue weighted by Gasteiger charge is 2.37. The number of amides is 1. The molecule has 0 radical (unpaired) electrons. The summed E-state index contributed by atoms with van der Waals surface area (Å²) < 4.78 is 40.8. The SMILES string of the molecule is O=C(Nc1cccc(Cl)c1)C1CC(S(=O)(=O)Nc2ccccc2F)CN1. The van der Waals surface area contributed by atoms with Gasteiger partial charge in [-0.25, -0.2) is 12.8 Å². The summed E-state index contributed by atoms with van der Waals surface area (Å²) in [6, 6.07) is 11.5. The van der Waals surface area contributed by atoms with Crippen molar-refractivity contribution >= 4 is 38.9 Å². The molecule has 0 spiro atoms. The van der Waals surface area contributed by atoms with E-state index in [0.29, 0.717) is 10.7 Å². The van der Waals surface area contributed by atoms with E-state index in [9.17, 15) is 17.6 Å². The van der Waals surface area contributed by atoms with Crippen LogP contribution in [0.3, 0.4) is 0 Å². The van der Waals surface area contributed by atoms with Gasteiger partial charge in [0.2, 0.25) is 15.9 Å². The van der Waals surface area contributed by atoms with Crippen LogP contribution in [0.5, 0.6) is 0 Å². The van der Waals surface area contributed by atoms with E-state index in [1.165, 1.54) is 24.3 Å². The normalized spacial score (nSPS) is 19.9. The van der Waals surface area contributed by atoms with Gasteiger partial charge in [0.25, 0.3) is 0 Å². The van der Waals surface area contributed by atoms with E-state index in [4.69, 9.17) is 11.6 Å². The van der Waals surface area contributed by atoms with E-state index >= 15 is 0 Å². The Bertz CT molecular complexity index is 923. The second kappa shape index (κ2) is 7.61. The zero-order valence-corrected chi connectivity index (χ0v) is 15.1. The maximum atomic E-state index is 13.7. The highest BCUT2D eigenvalue weighted by atomic mass is 35.5. The number of para-hydroxylation sites is 1. The van der Waals surface area contributed by atoms with Crippen LogP contribution in [0.25, 0.3) is 0 Å². The Kier molecular flexibility index (Phi) is 5.45. The molecule has 1 fully saturated rings. The first-order valence-corrected chi connectivity index (χ1v) is 9.83. The smallest absolute Gasteiger partial charge is 0.241 e. The van der Waals surface area contributed by atoms with Crippen LogP contribution in [0, 0.1) is 5.82 Å². The zero-order chi connectivity index (χ0) is 18.7. The van der Waals surface area contributed by atoms with Crippen molar-refractivity contribution < 1.29 is 17.6 Å². The minimum atomic E-state index is -3.84. The Labute approximate surface area is 155 Å². The minimum absolute atomic E-state index is 0.0795. The molecule has 1 aliphatic rings. The largest absolute Gasteiger partial charge is 0.325 e. The lowest BCUT2D eigenvalue weighted by Crippen LogP contribution is -2.35. The molecule has 0 bridgehead atoms. The summed E-state index contributed by atoms with van der Waals surface area (Å²) in [6.45, 7) is 0.0947. The molecule has 2 aromatic rings. The molecular formula is C17H17ClFN3O3S. The number of carbonyl (C=O) groups excluding carboxylic acids is 1. The molecule has 26 heavy (non-hydrogen) atoms. The van der Waals surface area contributed by atoms with Gasteiger partial charge in [0.15, 0.2) is 0 Å². The average Bonchev–Trinajstić information content (AvgIpc) is 3.08. The van der Waals surface area contributed by atoms with Crippen molar-refractivity contribution in [2.45, 2.75) is 17.7 Å². The Morgan fingerprint density at radius 3 is 2.69 bits per heavy atom. The number of hydrogen-bond donors (Lipinski definition) is 3. The maximum Gasteiger partial charge on any atom is 0.241 e. The molecule has 138 valence electrons. The van der Waals surface area contributed by atoms with Gasteiger partial charge < -0.3 is 10.6 Å². The van der Waals surface area contributed by atoms with Crippen molar-refractivity contribution in [2.24, 2.45) is 0 Å². The maximum absolute atomic E-state index is 13.7. The summed E-state index contributed by atoms with van der Waals surface area (Å²) in [5.41, 5.74) is 0.416. The van der Waals surface area contributed by atoms with Crippen molar-refractivity contribution in [2.75, 3.05) is 16.6 Å². The number of benzene rings is 2. The number of anilines is 2. The first-order valence-electron chi connectivity index (χ1n) is 7.91. The van der Waals surface area contributed by atoms with Gasteiger partial charge in [-0.3, -0.25) is 9.52 Å². The third-order valence-corrected chi connectivity index (χ3v) is 6.04. The van der Waals surface area contributed by atoms with E-state index < -0.39 is 27.1 Å². The molecule has 3 N–H and O–H groups in total. The number of halogens is 2. The quantitative estimate of drug-likeness (QED) is 0.723. The lowest BCUT2D eigenvalue weighted by atomic mass is 10.2. The first-order chi connectivity index (χ1) is 12.3. The van der Waals surface area contributed by atoms with Gasteiger partial charge >= 0.3 is 0 Å². The third-order valence-electron chi connectivity index (χ3n) is 4.06. The molecule has 2 atom stereocenters. The number of carbonyl (C=O) groups is 1. The average molecular weight is 398 g/mol. The van der Waals surface area contributed by atoms with E-state index in [1.807, 2.05) is 0 Å². The Morgan fingerprint density at radius 2 is 1.96 bits per heavy atom. The molecule has 1 saturated heterocycles.